The number of aromatic nitrogens is 3. The Morgan fingerprint density at radius 3 is 2.64 bits per heavy atom. The highest BCUT2D eigenvalue weighted by molar-refractivity contribution is 5.67. The van der Waals surface area contributed by atoms with E-state index in [0.29, 0.717) is 0 Å². The standard InChI is InChI=1S/C21H28N6O/c1-24(2)8-9-25-10-12-26(13-11-25)21-15-19(23-20-6-7-22-27(20)21)18-5-3-4-17(14-18)16-28/h3-7,14-15,28H,8-13,16H2,1-2H3. The normalized spacial score (nSPS) is 15.6. The lowest BCUT2D eigenvalue weighted by Crippen LogP contribution is -2.48. The summed E-state index contributed by atoms with van der Waals surface area (Å²) >= 11 is 0. The van der Waals surface area contributed by atoms with Crippen molar-refractivity contribution >= 4 is 11.5 Å². The van der Waals surface area contributed by atoms with E-state index in [9.17, 15) is 5.11 Å². The maximum atomic E-state index is 9.46. The Bertz CT molecular complexity index is 930. The smallest absolute Gasteiger partial charge is 0.157 e. The van der Waals surface area contributed by atoms with Crippen LogP contribution in [0.4, 0.5) is 5.82 Å². The molecular formula is C21H28N6O. The van der Waals surface area contributed by atoms with Crippen LogP contribution in [0.2, 0.25) is 0 Å². The number of nitrogens with zero attached hydrogens (tertiary/aromatic N) is 6. The number of anilines is 1. The monoisotopic (exact) mass is 380 g/mol. The zero-order chi connectivity index (χ0) is 19.5. The maximum Gasteiger partial charge on any atom is 0.157 e. The van der Waals surface area contributed by atoms with E-state index < -0.39 is 0 Å². The molecule has 0 bridgehead atoms. The van der Waals surface area contributed by atoms with Crippen LogP contribution >= 0.6 is 0 Å². The number of piperazine rings is 1. The fraction of sp³-hybridized carbons (Fsp3) is 0.429. The number of hydrogen-bond donors (Lipinski definition) is 1. The minimum atomic E-state index is 0.0323. The summed E-state index contributed by atoms with van der Waals surface area (Å²) in [5.74, 6) is 1.08. The molecule has 148 valence electrons. The lowest BCUT2D eigenvalue weighted by molar-refractivity contribution is 0.229. The first kappa shape index (κ1) is 18.9. The number of likely N-dealkylation sites (N-methyl/N-ethyl adjacent to an activating group) is 1. The van der Waals surface area contributed by atoms with Gasteiger partial charge in [0.15, 0.2) is 5.65 Å². The van der Waals surface area contributed by atoms with E-state index in [-0.39, 0.29) is 6.61 Å². The highest BCUT2D eigenvalue weighted by Crippen LogP contribution is 2.26. The van der Waals surface area contributed by atoms with Gasteiger partial charge in [-0.1, -0.05) is 18.2 Å². The molecule has 3 heterocycles. The van der Waals surface area contributed by atoms with Crippen LogP contribution in [0, 0.1) is 0 Å². The molecule has 0 radical (unpaired) electrons. The van der Waals surface area contributed by atoms with Crippen LogP contribution in [-0.2, 0) is 6.61 Å². The molecule has 2 aromatic heterocycles. The molecule has 4 rings (SSSR count). The summed E-state index contributed by atoms with van der Waals surface area (Å²) in [7, 11) is 4.24. The molecule has 28 heavy (non-hydrogen) atoms. The van der Waals surface area contributed by atoms with Crippen LogP contribution in [-0.4, -0.2) is 82.9 Å². The molecular weight excluding hydrogens is 352 g/mol. The van der Waals surface area contributed by atoms with Gasteiger partial charge in [0.05, 0.1) is 18.5 Å². The number of aliphatic hydroxyl groups is 1. The van der Waals surface area contributed by atoms with Crippen LogP contribution in [0.15, 0.2) is 42.6 Å². The van der Waals surface area contributed by atoms with Gasteiger partial charge in [-0.15, -0.1) is 0 Å². The third kappa shape index (κ3) is 4.01. The van der Waals surface area contributed by atoms with E-state index in [4.69, 9.17) is 4.98 Å². The van der Waals surface area contributed by atoms with Crippen LogP contribution in [0.5, 0.6) is 0 Å². The predicted octanol–water partition coefficient (Wildman–Crippen LogP) is 1.57. The summed E-state index contributed by atoms with van der Waals surface area (Å²) in [6, 6.07) is 12.0. The van der Waals surface area contributed by atoms with Crippen molar-refractivity contribution < 1.29 is 5.11 Å². The second-order valence-corrected chi connectivity index (χ2v) is 7.59. The molecule has 3 aromatic rings. The number of aliphatic hydroxyl groups excluding tert-OH is 1. The third-order valence-electron chi connectivity index (χ3n) is 5.31. The fourth-order valence-electron chi connectivity index (χ4n) is 3.64. The molecule has 0 unspecified atom stereocenters. The molecule has 1 saturated heterocycles. The molecule has 7 nitrogen and oxygen atoms in total. The Labute approximate surface area is 165 Å². The van der Waals surface area contributed by atoms with Crippen LogP contribution in [0.3, 0.4) is 0 Å². The van der Waals surface area contributed by atoms with Crippen LogP contribution in [0.1, 0.15) is 5.56 Å². The van der Waals surface area contributed by atoms with Crippen molar-refractivity contribution in [1.29, 1.82) is 0 Å². The molecule has 1 N–H and O–H groups in total. The lowest BCUT2D eigenvalue weighted by atomic mass is 10.1. The van der Waals surface area contributed by atoms with E-state index in [0.717, 1.165) is 67.6 Å². The van der Waals surface area contributed by atoms with Crippen molar-refractivity contribution in [1.82, 2.24) is 24.4 Å². The average molecular weight is 380 g/mol. The Morgan fingerprint density at radius 2 is 1.89 bits per heavy atom. The quantitative estimate of drug-likeness (QED) is 0.701. The van der Waals surface area contributed by atoms with Crippen molar-refractivity contribution in [2.75, 3.05) is 58.3 Å². The molecule has 0 aliphatic carbocycles. The molecule has 1 aliphatic heterocycles. The predicted molar refractivity (Wildman–Crippen MR) is 112 cm³/mol. The van der Waals surface area contributed by atoms with Crippen LogP contribution in [0.25, 0.3) is 16.9 Å². The summed E-state index contributed by atoms with van der Waals surface area (Å²) < 4.78 is 1.93. The third-order valence-corrected chi connectivity index (χ3v) is 5.31. The Hall–Kier alpha value is -2.48. The molecule has 0 amide bonds. The second kappa shape index (κ2) is 8.26. The van der Waals surface area contributed by atoms with Gasteiger partial charge in [-0.2, -0.15) is 9.61 Å². The van der Waals surface area contributed by atoms with Crippen molar-refractivity contribution in [2.24, 2.45) is 0 Å². The highest BCUT2D eigenvalue weighted by Gasteiger charge is 2.20. The van der Waals surface area contributed by atoms with E-state index in [2.05, 4.69) is 40.0 Å². The average Bonchev–Trinajstić information content (AvgIpc) is 3.21. The lowest BCUT2D eigenvalue weighted by Gasteiger charge is -2.36. The molecule has 7 heteroatoms. The van der Waals surface area contributed by atoms with Gasteiger partial charge in [0.2, 0.25) is 0 Å². The van der Waals surface area contributed by atoms with Gasteiger partial charge in [0.25, 0.3) is 0 Å². The van der Waals surface area contributed by atoms with E-state index in [1.807, 2.05) is 34.8 Å². The summed E-state index contributed by atoms with van der Waals surface area (Å²) in [5, 5.41) is 14.0. The molecule has 0 saturated carbocycles. The summed E-state index contributed by atoms with van der Waals surface area (Å²) in [4.78, 5) is 11.9. The van der Waals surface area contributed by atoms with Gasteiger partial charge in [-0.3, -0.25) is 4.90 Å². The van der Waals surface area contributed by atoms with Crippen molar-refractivity contribution in [3.8, 4) is 11.3 Å². The molecule has 0 spiro atoms. The van der Waals surface area contributed by atoms with Crippen molar-refractivity contribution in [3.05, 3.63) is 48.2 Å². The number of benzene rings is 1. The molecule has 1 aromatic carbocycles. The first-order chi connectivity index (χ1) is 13.6. The summed E-state index contributed by atoms with van der Waals surface area (Å²) in [5.41, 5.74) is 3.66. The topological polar surface area (TPSA) is 60.1 Å². The van der Waals surface area contributed by atoms with E-state index in [1.54, 1.807) is 6.20 Å². The molecule has 1 fully saturated rings. The van der Waals surface area contributed by atoms with Crippen molar-refractivity contribution in [3.63, 3.8) is 0 Å². The van der Waals surface area contributed by atoms with Gasteiger partial charge < -0.3 is 14.9 Å². The Kier molecular flexibility index (Phi) is 5.57. The minimum Gasteiger partial charge on any atom is -0.392 e. The highest BCUT2D eigenvalue weighted by atomic mass is 16.3. The van der Waals surface area contributed by atoms with E-state index >= 15 is 0 Å². The molecule has 1 aliphatic rings. The second-order valence-electron chi connectivity index (χ2n) is 7.59. The first-order valence-corrected chi connectivity index (χ1v) is 9.81. The largest absolute Gasteiger partial charge is 0.392 e. The Balaban J connectivity index is 1.60. The zero-order valence-electron chi connectivity index (χ0n) is 16.6. The Morgan fingerprint density at radius 1 is 1.07 bits per heavy atom. The summed E-state index contributed by atoms with van der Waals surface area (Å²) in [6.07, 6.45) is 1.80. The van der Waals surface area contributed by atoms with Crippen LogP contribution < -0.4 is 4.90 Å². The first-order valence-electron chi connectivity index (χ1n) is 9.81. The number of rotatable bonds is 6. The van der Waals surface area contributed by atoms with Gasteiger partial charge in [0, 0.05) is 57.0 Å². The fourth-order valence-corrected chi connectivity index (χ4v) is 3.64. The van der Waals surface area contributed by atoms with Gasteiger partial charge >= 0.3 is 0 Å². The maximum absolute atomic E-state index is 9.46. The van der Waals surface area contributed by atoms with Crippen molar-refractivity contribution in [2.45, 2.75) is 6.61 Å². The zero-order valence-corrected chi connectivity index (χ0v) is 16.6. The SMILES string of the molecule is CN(C)CCN1CCN(c2cc(-c3cccc(CO)c3)nc3ccnn23)CC1. The number of fused-ring (bicyclic) bond motifs is 1. The summed E-state index contributed by atoms with van der Waals surface area (Å²) in [6.45, 7) is 6.27. The molecule has 0 atom stereocenters. The number of hydrogen-bond acceptors (Lipinski definition) is 6. The van der Waals surface area contributed by atoms with Gasteiger partial charge in [-0.05, 0) is 25.7 Å². The van der Waals surface area contributed by atoms with Gasteiger partial charge in [0.1, 0.15) is 5.82 Å². The minimum absolute atomic E-state index is 0.0323. The van der Waals surface area contributed by atoms with E-state index in [1.165, 1.54) is 0 Å². The van der Waals surface area contributed by atoms with Gasteiger partial charge in [-0.25, -0.2) is 4.98 Å².